The molecule has 1 saturated heterocycles. The van der Waals surface area contributed by atoms with Gasteiger partial charge in [-0.25, -0.2) is 9.97 Å². The van der Waals surface area contributed by atoms with Gasteiger partial charge < -0.3 is 15.1 Å². The van der Waals surface area contributed by atoms with E-state index in [-0.39, 0.29) is 5.91 Å². The normalized spacial score (nSPS) is 14.8. The predicted octanol–water partition coefficient (Wildman–Crippen LogP) is 1.95. The van der Waals surface area contributed by atoms with Crippen LogP contribution >= 0.6 is 0 Å². The monoisotopic (exact) mass is 351 g/mol. The van der Waals surface area contributed by atoms with Crippen LogP contribution in [0.15, 0.2) is 48.8 Å². The zero-order valence-electron chi connectivity index (χ0n) is 15.1. The Hall–Kier alpha value is -2.73. The average Bonchev–Trinajstić information content (AvgIpc) is 2.72. The third-order valence-corrected chi connectivity index (χ3v) is 4.40. The summed E-state index contributed by atoms with van der Waals surface area (Å²) in [5, 5.41) is 3.30. The molecule has 1 aliphatic rings. The SMILES string of the molecule is CCNCc1ccc(/C=C/C(=O)N2CCN(c3ncccn3)CC2)cc1. The number of hydrogen-bond donors (Lipinski definition) is 1. The van der Waals surface area contributed by atoms with Crippen LogP contribution in [0.4, 0.5) is 5.95 Å². The van der Waals surface area contributed by atoms with Crippen LogP contribution in [0.5, 0.6) is 0 Å². The Labute approximate surface area is 154 Å². The molecule has 0 radical (unpaired) electrons. The minimum Gasteiger partial charge on any atom is -0.337 e. The molecular formula is C20H25N5O. The molecule has 0 aliphatic carbocycles. The third kappa shape index (κ3) is 4.89. The number of anilines is 1. The van der Waals surface area contributed by atoms with Crippen molar-refractivity contribution in [2.24, 2.45) is 0 Å². The fraction of sp³-hybridized carbons (Fsp3) is 0.350. The Morgan fingerprint density at radius 1 is 1.12 bits per heavy atom. The maximum Gasteiger partial charge on any atom is 0.246 e. The van der Waals surface area contributed by atoms with Crippen molar-refractivity contribution in [1.82, 2.24) is 20.2 Å². The van der Waals surface area contributed by atoms with E-state index in [1.54, 1.807) is 24.5 Å². The van der Waals surface area contributed by atoms with E-state index in [4.69, 9.17) is 0 Å². The Balaban J connectivity index is 1.50. The number of nitrogens with zero attached hydrogens (tertiary/aromatic N) is 4. The summed E-state index contributed by atoms with van der Waals surface area (Å²) in [7, 11) is 0. The van der Waals surface area contributed by atoms with E-state index >= 15 is 0 Å². The summed E-state index contributed by atoms with van der Waals surface area (Å²) >= 11 is 0. The number of aromatic nitrogens is 2. The molecule has 1 amide bonds. The molecule has 136 valence electrons. The summed E-state index contributed by atoms with van der Waals surface area (Å²) in [6.07, 6.45) is 7.03. The lowest BCUT2D eigenvalue weighted by Crippen LogP contribution is -2.48. The molecule has 26 heavy (non-hydrogen) atoms. The quantitative estimate of drug-likeness (QED) is 0.806. The number of hydrogen-bond acceptors (Lipinski definition) is 5. The smallest absolute Gasteiger partial charge is 0.246 e. The maximum absolute atomic E-state index is 12.4. The first-order valence-electron chi connectivity index (χ1n) is 9.05. The molecule has 1 N–H and O–H groups in total. The molecule has 1 aromatic heterocycles. The Bertz CT molecular complexity index is 722. The van der Waals surface area contributed by atoms with E-state index in [1.807, 2.05) is 23.1 Å². The van der Waals surface area contributed by atoms with E-state index in [0.717, 1.165) is 37.7 Å². The van der Waals surface area contributed by atoms with Crippen LogP contribution in [0.1, 0.15) is 18.1 Å². The van der Waals surface area contributed by atoms with Gasteiger partial charge >= 0.3 is 0 Å². The lowest BCUT2D eigenvalue weighted by molar-refractivity contribution is -0.126. The lowest BCUT2D eigenvalue weighted by atomic mass is 10.1. The number of carbonyl (C=O) groups excluding carboxylic acids is 1. The first kappa shape index (κ1) is 18.1. The van der Waals surface area contributed by atoms with Gasteiger partial charge in [-0.1, -0.05) is 31.2 Å². The molecule has 0 unspecified atom stereocenters. The zero-order chi connectivity index (χ0) is 18.2. The van der Waals surface area contributed by atoms with E-state index < -0.39 is 0 Å². The van der Waals surface area contributed by atoms with Crippen LogP contribution in [-0.4, -0.2) is 53.5 Å². The second-order valence-corrected chi connectivity index (χ2v) is 6.22. The Kier molecular flexibility index (Phi) is 6.33. The predicted molar refractivity (Wildman–Crippen MR) is 104 cm³/mol. The van der Waals surface area contributed by atoms with Crippen LogP contribution in [0.2, 0.25) is 0 Å². The zero-order valence-corrected chi connectivity index (χ0v) is 15.1. The number of amides is 1. The maximum atomic E-state index is 12.4. The summed E-state index contributed by atoms with van der Waals surface area (Å²) in [6.45, 7) is 6.79. The molecule has 2 heterocycles. The summed E-state index contributed by atoms with van der Waals surface area (Å²) < 4.78 is 0. The third-order valence-electron chi connectivity index (χ3n) is 4.40. The van der Waals surface area contributed by atoms with Gasteiger partial charge in [0.2, 0.25) is 11.9 Å². The van der Waals surface area contributed by atoms with Crippen molar-refractivity contribution in [1.29, 1.82) is 0 Å². The van der Waals surface area contributed by atoms with Crippen molar-refractivity contribution < 1.29 is 4.79 Å². The van der Waals surface area contributed by atoms with Gasteiger partial charge in [-0.15, -0.1) is 0 Å². The Morgan fingerprint density at radius 3 is 2.46 bits per heavy atom. The summed E-state index contributed by atoms with van der Waals surface area (Å²) in [5.74, 6) is 0.781. The molecule has 6 heteroatoms. The number of piperazine rings is 1. The van der Waals surface area contributed by atoms with Crippen LogP contribution in [-0.2, 0) is 11.3 Å². The number of benzene rings is 1. The minimum absolute atomic E-state index is 0.0513. The van der Waals surface area contributed by atoms with E-state index in [9.17, 15) is 4.79 Å². The van der Waals surface area contributed by atoms with Gasteiger partial charge in [-0.3, -0.25) is 4.79 Å². The minimum atomic E-state index is 0.0513. The standard InChI is InChI=1S/C20H25N5O/c1-2-21-16-18-6-4-17(5-7-18)8-9-19(26)24-12-14-25(15-13-24)20-22-10-3-11-23-20/h3-11,21H,2,12-16H2,1H3/b9-8+. The second-order valence-electron chi connectivity index (χ2n) is 6.22. The van der Waals surface area contributed by atoms with E-state index in [1.165, 1.54) is 5.56 Å². The number of rotatable bonds is 6. The fourth-order valence-electron chi connectivity index (χ4n) is 2.87. The van der Waals surface area contributed by atoms with Gasteiger partial charge in [-0.2, -0.15) is 0 Å². The highest BCUT2D eigenvalue weighted by molar-refractivity contribution is 5.91. The van der Waals surface area contributed by atoms with Gasteiger partial charge in [0.1, 0.15) is 0 Å². The summed E-state index contributed by atoms with van der Waals surface area (Å²) in [5.41, 5.74) is 2.28. The lowest BCUT2D eigenvalue weighted by Gasteiger charge is -2.34. The average molecular weight is 351 g/mol. The van der Waals surface area contributed by atoms with Crippen molar-refractivity contribution in [3.05, 3.63) is 59.9 Å². The highest BCUT2D eigenvalue weighted by Crippen LogP contribution is 2.11. The first-order chi connectivity index (χ1) is 12.8. The van der Waals surface area contributed by atoms with Gasteiger partial charge in [0.25, 0.3) is 0 Å². The summed E-state index contributed by atoms with van der Waals surface area (Å²) in [6, 6.07) is 10.1. The molecule has 2 aromatic rings. The van der Waals surface area contributed by atoms with Crippen molar-refractivity contribution >= 4 is 17.9 Å². The highest BCUT2D eigenvalue weighted by atomic mass is 16.2. The topological polar surface area (TPSA) is 61.4 Å². The highest BCUT2D eigenvalue weighted by Gasteiger charge is 2.20. The van der Waals surface area contributed by atoms with E-state index in [0.29, 0.717) is 13.1 Å². The van der Waals surface area contributed by atoms with Gasteiger partial charge in [-0.05, 0) is 29.8 Å². The number of carbonyl (C=O) groups is 1. The van der Waals surface area contributed by atoms with Crippen LogP contribution in [0, 0.1) is 0 Å². The van der Waals surface area contributed by atoms with Crippen LogP contribution in [0.25, 0.3) is 6.08 Å². The molecule has 0 saturated carbocycles. The molecular weight excluding hydrogens is 326 g/mol. The molecule has 1 aromatic carbocycles. The molecule has 3 rings (SSSR count). The van der Waals surface area contributed by atoms with Crippen LogP contribution < -0.4 is 10.2 Å². The van der Waals surface area contributed by atoms with Crippen LogP contribution in [0.3, 0.4) is 0 Å². The van der Waals surface area contributed by atoms with Crippen molar-refractivity contribution in [3.8, 4) is 0 Å². The summed E-state index contributed by atoms with van der Waals surface area (Å²) in [4.78, 5) is 24.9. The Morgan fingerprint density at radius 2 is 1.81 bits per heavy atom. The molecule has 0 spiro atoms. The van der Waals surface area contributed by atoms with E-state index in [2.05, 4.69) is 39.2 Å². The first-order valence-corrected chi connectivity index (χ1v) is 9.05. The molecule has 6 nitrogen and oxygen atoms in total. The van der Waals surface area contributed by atoms with Crippen molar-refractivity contribution in [3.63, 3.8) is 0 Å². The number of nitrogens with one attached hydrogen (secondary N) is 1. The van der Waals surface area contributed by atoms with Gasteiger partial charge in [0, 0.05) is 51.2 Å². The fourth-order valence-corrected chi connectivity index (χ4v) is 2.87. The molecule has 0 atom stereocenters. The molecule has 1 fully saturated rings. The molecule has 0 bridgehead atoms. The second kappa shape index (κ2) is 9.10. The van der Waals surface area contributed by atoms with Gasteiger partial charge in [0.05, 0.1) is 0 Å². The van der Waals surface area contributed by atoms with Crippen molar-refractivity contribution in [2.75, 3.05) is 37.6 Å². The van der Waals surface area contributed by atoms with Crippen molar-refractivity contribution in [2.45, 2.75) is 13.5 Å². The largest absolute Gasteiger partial charge is 0.337 e. The van der Waals surface area contributed by atoms with Gasteiger partial charge in [0.15, 0.2) is 0 Å². The molecule has 1 aliphatic heterocycles.